The summed E-state index contributed by atoms with van der Waals surface area (Å²) in [5.74, 6) is 0.772. The van der Waals surface area contributed by atoms with E-state index in [0.29, 0.717) is 12.1 Å². The predicted octanol–water partition coefficient (Wildman–Crippen LogP) is 2.14. The maximum Gasteiger partial charge on any atom is 0.0167 e. The van der Waals surface area contributed by atoms with E-state index in [1.165, 1.54) is 12.8 Å². The van der Waals surface area contributed by atoms with Crippen molar-refractivity contribution in [1.82, 2.24) is 5.32 Å². The molecule has 0 heterocycles. The van der Waals surface area contributed by atoms with Crippen LogP contribution in [0.25, 0.3) is 0 Å². The lowest BCUT2D eigenvalue weighted by Crippen LogP contribution is -2.38. The third-order valence-electron chi connectivity index (χ3n) is 2.27. The molecule has 0 bridgehead atoms. The maximum absolute atomic E-state index is 5.99. The Morgan fingerprint density at radius 1 is 1.23 bits per heavy atom. The first kappa shape index (κ1) is 12.9. The van der Waals surface area contributed by atoms with Crippen LogP contribution < -0.4 is 11.1 Å². The van der Waals surface area contributed by atoms with Crippen LogP contribution in [0.15, 0.2) is 0 Å². The first-order valence-corrected chi connectivity index (χ1v) is 5.55. The molecule has 2 nitrogen and oxygen atoms in total. The fourth-order valence-electron chi connectivity index (χ4n) is 1.60. The van der Waals surface area contributed by atoms with E-state index in [4.69, 9.17) is 5.73 Å². The van der Waals surface area contributed by atoms with Crippen molar-refractivity contribution in [2.75, 3.05) is 6.54 Å². The summed E-state index contributed by atoms with van der Waals surface area (Å²) in [6.45, 7) is 9.78. The molecule has 3 N–H and O–H groups in total. The highest BCUT2D eigenvalue weighted by Gasteiger charge is 2.08. The van der Waals surface area contributed by atoms with Crippen LogP contribution in [-0.4, -0.2) is 18.6 Å². The Kier molecular flexibility index (Phi) is 7.29. The fourth-order valence-corrected chi connectivity index (χ4v) is 1.60. The smallest absolute Gasteiger partial charge is 0.0167 e. The largest absolute Gasteiger partial charge is 0.327 e. The molecule has 0 aliphatic heterocycles. The van der Waals surface area contributed by atoms with Gasteiger partial charge in [0.1, 0.15) is 0 Å². The minimum atomic E-state index is 0.323. The van der Waals surface area contributed by atoms with Crippen molar-refractivity contribution < 1.29 is 0 Å². The minimum Gasteiger partial charge on any atom is -0.327 e. The number of nitrogens with two attached hydrogens (primary N) is 1. The number of hydrogen-bond donors (Lipinski definition) is 2. The first-order valence-electron chi connectivity index (χ1n) is 5.55. The quantitative estimate of drug-likeness (QED) is 0.639. The van der Waals surface area contributed by atoms with Crippen molar-refractivity contribution in [2.24, 2.45) is 11.7 Å². The Bertz CT molecular complexity index is 113. The summed E-state index contributed by atoms with van der Waals surface area (Å²) in [6, 6.07) is 0.872. The standard InChI is InChI=1S/C11H26N2/c1-5-6-10(4)7-11(12)8-13-9(2)3/h9-11,13H,5-8,12H2,1-4H3. The second-order valence-corrected chi connectivity index (χ2v) is 4.45. The van der Waals surface area contributed by atoms with Gasteiger partial charge in [-0.05, 0) is 12.3 Å². The predicted molar refractivity (Wildman–Crippen MR) is 59.8 cm³/mol. The molecular weight excluding hydrogens is 160 g/mol. The van der Waals surface area contributed by atoms with Gasteiger partial charge in [0.2, 0.25) is 0 Å². The van der Waals surface area contributed by atoms with E-state index >= 15 is 0 Å². The lowest BCUT2D eigenvalue weighted by Gasteiger charge is -2.18. The van der Waals surface area contributed by atoms with Crippen molar-refractivity contribution >= 4 is 0 Å². The van der Waals surface area contributed by atoms with Gasteiger partial charge < -0.3 is 11.1 Å². The van der Waals surface area contributed by atoms with Gasteiger partial charge in [0.05, 0.1) is 0 Å². The monoisotopic (exact) mass is 186 g/mol. The molecule has 2 heteroatoms. The van der Waals surface area contributed by atoms with E-state index < -0.39 is 0 Å². The number of hydrogen-bond acceptors (Lipinski definition) is 2. The Balaban J connectivity index is 3.43. The Morgan fingerprint density at radius 2 is 1.85 bits per heavy atom. The van der Waals surface area contributed by atoms with Crippen molar-refractivity contribution in [3.63, 3.8) is 0 Å². The summed E-state index contributed by atoms with van der Waals surface area (Å²) >= 11 is 0. The second kappa shape index (κ2) is 7.34. The van der Waals surface area contributed by atoms with Crippen LogP contribution in [0.2, 0.25) is 0 Å². The van der Waals surface area contributed by atoms with Gasteiger partial charge in [0.25, 0.3) is 0 Å². The molecule has 2 unspecified atom stereocenters. The average Bonchev–Trinajstić information content (AvgIpc) is 2.01. The highest BCUT2D eigenvalue weighted by atomic mass is 14.9. The summed E-state index contributed by atoms with van der Waals surface area (Å²) in [5, 5.41) is 3.37. The van der Waals surface area contributed by atoms with E-state index in [9.17, 15) is 0 Å². The molecule has 0 saturated heterocycles. The third-order valence-corrected chi connectivity index (χ3v) is 2.27. The van der Waals surface area contributed by atoms with Gasteiger partial charge in [0, 0.05) is 18.6 Å². The van der Waals surface area contributed by atoms with E-state index in [1.54, 1.807) is 0 Å². The molecule has 80 valence electrons. The summed E-state index contributed by atoms with van der Waals surface area (Å²) in [6.07, 6.45) is 3.72. The molecule has 0 aliphatic rings. The molecule has 0 radical (unpaired) electrons. The lowest BCUT2D eigenvalue weighted by atomic mass is 9.97. The molecule has 2 atom stereocenters. The molecule has 0 aromatic heterocycles. The van der Waals surface area contributed by atoms with E-state index in [-0.39, 0.29) is 0 Å². The van der Waals surface area contributed by atoms with Crippen LogP contribution in [0.3, 0.4) is 0 Å². The van der Waals surface area contributed by atoms with Crippen molar-refractivity contribution in [1.29, 1.82) is 0 Å². The molecular formula is C11H26N2. The summed E-state index contributed by atoms with van der Waals surface area (Å²) in [4.78, 5) is 0. The summed E-state index contributed by atoms with van der Waals surface area (Å²) in [7, 11) is 0. The molecule has 13 heavy (non-hydrogen) atoms. The van der Waals surface area contributed by atoms with Gasteiger partial charge in [0.15, 0.2) is 0 Å². The maximum atomic E-state index is 5.99. The number of rotatable bonds is 7. The Hall–Kier alpha value is -0.0800. The van der Waals surface area contributed by atoms with Crippen molar-refractivity contribution in [2.45, 2.75) is 59.0 Å². The van der Waals surface area contributed by atoms with E-state index in [0.717, 1.165) is 18.9 Å². The van der Waals surface area contributed by atoms with Gasteiger partial charge >= 0.3 is 0 Å². The first-order chi connectivity index (χ1) is 6.06. The van der Waals surface area contributed by atoms with Crippen molar-refractivity contribution in [3.8, 4) is 0 Å². The van der Waals surface area contributed by atoms with Crippen LogP contribution in [0.4, 0.5) is 0 Å². The third kappa shape index (κ3) is 8.26. The molecule has 0 rings (SSSR count). The zero-order valence-corrected chi connectivity index (χ0v) is 9.64. The molecule has 0 aromatic rings. The lowest BCUT2D eigenvalue weighted by molar-refractivity contribution is 0.409. The molecule has 0 saturated carbocycles. The van der Waals surface area contributed by atoms with Crippen LogP contribution in [0.5, 0.6) is 0 Å². The van der Waals surface area contributed by atoms with Crippen LogP contribution in [0, 0.1) is 5.92 Å². The van der Waals surface area contributed by atoms with Crippen molar-refractivity contribution in [3.05, 3.63) is 0 Å². The zero-order chi connectivity index (χ0) is 10.3. The highest BCUT2D eigenvalue weighted by Crippen LogP contribution is 2.10. The van der Waals surface area contributed by atoms with Gasteiger partial charge in [-0.1, -0.05) is 40.5 Å². The Labute approximate surface area is 83.3 Å². The summed E-state index contributed by atoms with van der Waals surface area (Å²) < 4.78 is 0. The molecule has 0 aliphatic carbocycles. The van der Waals surface area contributed by atoms with Gasteiger partial charge in [-0.2, -0.15) is 0 Å². The van der Waals surface area contributed by atoms with Gasteiger partial charge in [-0.3, -0.25) is 0 Å². The van der Waals surface area contributed by atoms with Crippen LogP contribution in [0.1, 0.15) is 47.0 Å². The summed E-state index contributed by atoms with van der Waals surface area (Å²) in [5.41, 5.74) is 5.99. The van der Waals surface area contributed by atoms with E-state index in [2.05, 4.69) is 33.0 Å². The molecule has 0 fully saturated rings. The van der Waals surface area contributed by atoms with Gasteiger partial charge in [-0.25, -0.2) is 0 Å². The van der Waals surface area contributed by atoms with E-state index in [1.807, 2.05) is 0 Å². The SMILES string of the molecule is CCCC(C)CC(N)CNC(C)C. The molecule has 0 aromatic carbocycles. The molecule has 0 spiro atoms. The van der Waals surface area contributed by atoms with Crippen LogP contribution >= 0.6 is 0 Å². The second-order valence-electron chi connectivity index (χ2n) is 4.45. The van der Waals surface area contributed by atoms with Crippen LogP contribution in [-0.2, 0) is 0 Å². The molecule has 0 amide bonds. The zero-order valence-electron chi connectivity index (χ0n) is 9.64. The van der Waals surface area contributed by atoms with Gasteiger partial charge in [-0.15, -0.1) is 0 Å². The normalized spacial score (nSPS) is 16.2. The highest BCUT2D eigenvalue weighted by molar-refractivity contribution is 4.69. The Morgan fingerprint density at radius 3 is 2.31 bits per heavy atom. The average molecular weight is 186 g/mol. The topological polar surface area (TPSA) is 38.0 Å². The minimum absolute atomic E-state index is 0.323. The number of nitrogens with one attached hydrogen (secondary N) is 1. The fraction of sp³-hybridized carbons (Fsp3) is 1.00.